The van der Waals surface area contributed by atoms with Gasteiger partial charge in [0.2, 0.25) is 5.92 Å². The van der Waals surface area contributed by atoms with E-state index in [-0.39, 0.29) is 25.7 Å². The van der Waals surface area contributed by atoms with E-state index in [1.807, 2.05) is 12.1 Å². The van der Waals surface area contributed by atoms with Gasteiger partial charge in [0.15, 0.2) is 0 Å². The first-order valence-electron chi connectivity index (χ1n) is 7.00. The molecular formula is C15H17F2N3O. The van der Waals surface area contributed by atoms with Crippen molar-refractivity contribution >= 4 is 0 Å². The highest BCUT2D eigenvalue weighted by Gasteiger charge is 2.44. The molecule has 1 aliphatic rings. The second-order valence-electron chi connectivity index (χ2n) is 5.68. The van der Waals surface area contributed by atoms with Crippen LogP contribution in [0.4, 0.5) is 8.78 Å². The van der Waals surface area contributed by atoms with Crippen LogP contribution in [0.1, 0.15) is 42.8 Å². The summed E-state index contributed by atoms with van der Waals surface area (Å²) in [4.78, 5) is 11.2. The fourth-order valence-corrected chi connectivity index (χ4v) is 2.67. The van der Waals surface area contributed by atoms with Crippen LogP contribution >= 0.6 is 0 Å². The van der Waals surface area contributed by atoms with Gasteiger partial charge in [-0.15, -0.1) is 0 Å². The number of aromatic amines is 1. The molecule has 2 heterocycles. The van der Waals surface area contributed by atoms with E-state index in [2.05, 4.69) is 15.0 Å². The Morgan fingerprint density at radius 2 is 1.81 bits per heavy atom. The summed E-state index contributed by atoms with van der Waals surface area (Å²) in [5.41, 5.74) is 0.655. The van der Waals surface area contributed by atoms with Crippen molar-refractivity contribution in [3.8, 4) is 0 Å². The smallest absolute Gasteiger partial charge is 0.248 e. The average Bonchev–Trinajstić information content (AvgIpc) is 2.93. The number of halogens is 2. The second kappa shape index (κ2) is 5.18. The third-order valence-corrected chi connectivity index (χ3v) is 4.02. The molecule has 0 aromatic carbocycles. The molecule has 1 aliphatic carbocycles. The van der Waals surface area contributed by atoms with Crippen molar-refractivity contribution in [3.63, 3.8) is 0 Å². The number of aliphatic hydroxyl groups is 1. The van der Waals surface area contributed by atoms with Crippen LogP contribution in [0.3, 0.4) is 0 Å². The van der Waals surface area contributed by atoms with Gasteiger partial charge in [0.05, 0.1) is 0 Å². The molecule has 2 aromatic rings. The van der Waals surface area contributed by atoms with Gasteiger partial charge in [-0.2, -0.15) is 0 Å². The Bertz CT molecular complexity index is 602. The number of hydrogen-bond donors (Lipinski definition) is 2. The number of nitrogens with zero attached hydrogens (tertiary/aromatic N) is 2. The fourth-order valence-electron chi connectivity index (χ4n) is 2.67. The van der Waals surface area contributed by atoms with Gasteiger partial charge in [-0.3, -0.25) is 4.98 Å². The molecule has 0 amide bonds. The maximum absolute atomic E-state index is 13.2. The zero-order valence-electron chi connectivity index (χ0n) is 11.5. The van der Waals surface area contributed by atoms with Gasteiger partial charge in [0.25, 0.3) is 0 Å². The minimum absolute atomic E-state index is 0.0300. The maximum atomic E-state index is 13.2. The quantitative estimate of drug-likeness (QED) is 0.914. The first-order valence-corrected chi connectivity index (χ1v) is 7.00. The van der Waals surface area contributed by atoms with Crippen LogP contribution < -0.4 is 0 Å². The Balaban J connectivity index is 1.73. The second-order valence-corrected chi connectivity index (χ2v) is 5.68. The number of imidazole rings is 1. The van der Waals surface area contributed by atoms with Crippen LogP contribution in [0, 0.1) is 0 Å². The topological polar surface area (TPSA) is 61.8 Å². The van der Waals surface area contributed by atoms with Gasteiger partial charge < -0.3 is 10.1 Å². The summed E-state index contributed by atoms with van der Waals surface area (Å²) >= 11 is 0. The molecule has 0 unspecified atom stereocenters. The maximum Gasteiger partial charge on any atom is 0.248 e. The summed E-state index contributed by atoms with van der Waals surface area (Å²) in [7, 11) is 0. The molecule has 0 aliphatic heterocycles. The van der Waals surface area contributed by atoms with Crippen molar-refractivity contribution in [1.29, 1.82) is 0 Å². The molecule has 4 nitrogen and oxygen atoms in total. The number of pyridine rings is 1. The predicted octanol–water partition coefficient (Wildman–Crippen LogP) is 2.79. The van der Waals surface area contributed by atoms with E-state index in [9.17, 15) is 13.9 Å². The summed E-state index contributed by atoms with van der Waals surface area (Å²) in [6.07, 6.45) is 5.17. The number of nitrogens with one attached hydrogen (secondary N) is 1. The van der Waals surface area contributed by atoms with E-state index < -0.39 is 11.5 Å². The van der Waals surface area contributed by atoms with Crippen molar-refractivity contribution in [3.05, 3.63) is 47.8 Å². The SMILES string of the molecule is OC1(c2ncc(Cc3ccncc3)[nH]2)CCC(F)(F)CC1. The Hall–Kier alpha value is -1.82. The molecule has 3 rings (SSSR count). The number of rotatable bonds is 3. The fraction of sp³-hybridized carbons (Fsp3) is 0.467. The lowest BCUT2D eigenvalue weighted by Crippen LogP contribution is -2.37. The van der Waals surface area contributed by atoms with E-state index >= 15 is 0 Å². The largest absolute Gasteiger partial charge is 0.382 e. The molecular weight excluding hydrogens is 276 g/mol. The molecule has 21 heavy (non-hydrogen) atoms. The Kier molecular flexibility index (Phi) is 3.49. The third kappa shape index (κ3) is 3.10. The minimum atomic E-state index is -2.67. The van der Waals surface area contributed by atoms with Gasteiger partial charge >= 0.3 is 0 Å². The molecule has 0 spiro atoms. The molecule has 0 saturated heterocycles. The molecule has 0 bridgehead atoms. The summed E-state index contributed by atoms with van der Waals surface area (Å²) in [5, 5.41) is 10.5. The number of H-pyrrole nitrogens is 1. The van der Waals surface area contributed by atoms with Crippen LogP contribution in [-0.4, -0.2) is 26.0 Å². The van der Waals surface area contributed by atoms with Gasteiger partial charge in [-0.25, -0.2) is 13.8 Å². The molecule has 6 heteroatoms. The molecule has 1 fully saturated rings. The van der Waals surface area contributed by atoms with Crippen LogP contribution in [-0.2, 0) is 12.0 Å². The van der Waals surface area contributed by atoms with E-state index in [4.69, 9.17) is 0 Å². The predicted molar refractivity (Wildman–Crippen MR) is 72.9 cm³/mol. The van der Waals surface area contributed by atoms with Crippen molar-refractivity contribution in [1.82, 2.24) is 15.0 Å². The summed E-state index contributed by atoms with van der Waals surface area (Å²) in [6.45, 7) is 0. The van der Waals surface area contributed by atoms with Gasteiger partial charge in [0, 0.05) is 43.5 Å². The van der Waals surface area contributed by atoms with Crippen LogP contribution in [0.15, 0.2) is 30.7 Å². The minimum Gasteiger partial charge on any atom is -0.382 e. The number of hydrogen-bond acceptors (Lipinski definition) is 3. The summed E-state index contributed by atoms with van der Waals surface area (Å²) in [5.74, 6) is -2.28. The van der Waals surface area contributed by atoms with Crippen molar-refractivity contribution in [2.75, 3.05) is 0 Å². The Morgan fingerprint density at radius 3 is 2.48 bits per heavy atom. The lowest BCUT2D eigenvalue weighted by molar-refractivity contribution is -0.110. The monoisotopic (exact) mass is 293 g/mol. The lowest BCUT2D eigenvalue weighted by Gasteiger charge is -2.34. The van der Waals surface area contributed by atoms with E-state index in [0.29, 0.717) is 12.2 Å². The van der Waals surface area contributed by atoms with E-state index in [0.717, 1.165) is 11.3 Å². The first kappa shape index (κ1) is 14.1. The highest BCUT2D eigenvalue weighted by molar-refractivity contribution is 5.19. The molecule has 2 N–H and O–H groups in total. The number of alkyl halides is 2. The summed E-state index contributed by atoms with van der Waals surface area (Å²) in [6, 6.07) is 3.80. The molecule has 0 atom stereocenters. The van der Waals surface area contributed by atoms with Crippen molar-refractivity contribution in [2.45, 2.75) is 43.6 Å². The lowest BCUT2D eigenvalue weighted by atomic mass is 9.82. The Labute approximate surface area is 121 Å². The standard InChI is InChI=1S/C15H17F2N3O/c16-15(17)5-3-14(21,4-6-15)13-19-10-12(20-13)9-11-1-7-18-8-2-11/h1-2,7-8,10,21H,3-6,9H2,(H,19,20). The van der Waals surface area contributed by atoms with Gasteiger partial charge in [-0.05, 0) is 30.5 Å². The van der Waals surface area contributed by atoms with Crippen LogP contribution in [0.5, 0.6) is 0 Å². The van der Waals surface area contributed by atoms with E-state index in [1.165, 1.54) is 0 Å². The zero-order valence-corrected chi connectivity index (χ0v) is 11.5. The molecule has 0 radical (unpaired) electrons. The molecule has 2 aromatic heterocycles. The van der Waals surface area contributed by atoms with Crippen LogP contribution in [0.2, 0.25) is 0 Å². The van der Waals surface area contributed by atoms with Gasteiger partial charge in [-0.1, -0.05) is 0 Å². The molecule has 1 saturated carbocycles. The highest BCUT2D eigenvalue weighted by Crippen LogP contribution is 2.42. The summed E-state index contributed by atoms with van der Waals surface area (Å²) < 4.78 is 26.4. The first-order chi connectivity index (χ1) is 9.97. The van der Waals surface area contributed by atoms with E-state index in [1.54, 1.807) is 18.6 Å². The highest BCUT2D eigenvalue weighted by atomic mass is 19.3. The average molecular weight is 293 g/mol. The Morgan fingerprint density at radius 1 is 1.14 bits per heavy atom. The normalized spacial score (nSPS) is 20.3. The number of aromatic nitrogens is 3. The van der Waals surface area contributed by atoms with Gasteiger partial charge in [0.1, 0.15) is 11.4 Å². The van der Waals surface area contributed by atoms with Crippen molar-refractivity contribution in [2.24, 2.45) is 0 Å². The van der Waals surface area contributed by atoms with Crippen molar-refractivity contribution < 1.29 is 13.9 Å². The molecule has 112 valence electrons. The third-order valence-electron chi connectivity index (χ3n) is 4.02. The van der Waals surface area contributed by atoms with Crippen LogP contribution in [0.25, 0.3) is 0 Å². The zero-order chi connectivity index (χ0) is 14.9.